The highest BCUT2D eigenvalue weighted by atomic mass is 35.5. The summed E-state index contributed by atoms with van der Waals surface area (Å²) in [6, 6.07) is 5.60. The lowest BCUT2D eigenvalue weighted by Gasteiger charge is -2.17. The highest BCUT2D eigenvalue weighted by Gasteiger charge is 2.15. The molecule has 100 valence electrons. The first-order chi connectivity index (χ1) is 8.95. The monoisotopic (exact) mass is 281 g/mol. The van der Waals surface area contributed by atoms with E-state index in [-0.39, 0.29) is 29.2 Å². The minimum absolute atomic E-state index is 0.0884. The number of carboxylic acids is 1. The molecule has 0 heterocycles. The Morgan fingerprint density at radius 1 is 1.53 bits per heavy atom. The van der Waals surface area contributed by atoms with E-state index < -0.39 is 12.0 Å². The predicted molar refractivity (Wildman–Crippen MR) is 70.3 cm³/mol. The van der Waals surface area contributed by atoms with Crippen LogP contribution in [0.2, 0.25) is 5.02 Å². The van der Waals surface area contributed by atoms with E-state index in [2.05, 4.69) is 5.32 Å². The Morgan fingerprint density at radius 2 is 2.21 bits per heavy atom. The van der Waals surface area contributed by atoms with Crippen LogP contribution in [-0.4, -0.2) is 35.6 Å². The van der Waals surface area contributed by atoms with Crippen LogP contribution < -0.4 is 5.32 Å². The van der Waals surface area contributed by atoms with Crippen LogP contribution in [0.15, 0.2) is 18.2 Å². The number of nitrogens with zero attached hydrogens (tertiary/aromatic N) is 2. The topological polar surface area (TPSA) is 93.4 Å². The Hall–Kier alpha value is -2.26. The molecule has 7 heteroatoms. The second-order valence-electron chi connectivity index (χ2n) is 3.75. The number of hydrogen-bond donors (Lipinski definition) is 2. The Morgan fingerprint density at radius 3 is 2.79 bits per heavy atom. The average Bonchev–Trinajstić information content (AvgIpc) is 2.37. The number of carboxylic acid groups (broad SMARTS) is 1. The van der Waals surface area contributed by atoms with Crippen molar-refractivity contribution in [1.29, 1.82) is 5.26 Å². The maximum atomic E-state index is 11.8. The van der Waals surface area contributed by atoms with E-state index in [1.165, 1.54) is 30.1 Å². The average molecular weight is 282 g/mol. The molecule has 2 N–H and O–H groups in total. The lowest BCUT2D eigenvalue weighted by Crippen LogP contribution is -2.32. The number of urea groups is 1. The molecule has 0 saturated heterocycles. The highest BCUT2D eigenvalue weighted by Crippen LogP contribution is 2.21. The van der Waals surface area contributed by atoms with Crippen molar-refractivity contribution in [2.45, 2.75) is 6.42 Å². The number of carbonyl (C=O) groups is 2. The van der Waals surface area contributed by atoms with Gasteiger partial charge in [-0.15, -0.1) is 0 Å². The van der Waals surface area contributed by atoms with Crippen molar-refractivity contribution in [3.63, 3.8) is 0 Å². The number of aromatic carboxylic acids is 1. The third-order valence-electron chi connectivity index (χ3n) is 2.36. The van der Waals surface area contributed by atoms with Crippen LogP contribution in [0.4, 0.5) is 10.5 Å². The summed E-state index contributed by atoms with van der Waals surface area (Å²) in [6.45, 7) is 0.262. The normalized spacial score (nSPS) is 9.53. The van der Waals surface area contributed by atoms with Gasteiger partial charge in [-0.3, -0.25) is 0 Å². The van der Waals surface area contributed by atoms with Crippen molar-refractivity contribution < 1.29 is 14.7 Å². The van der Waals surface area contributed by atoms with E-state index in [0.717, 1.165) is 0 Å². The quantitative estimate of drug-likeness (QED) is 0.886. The maximum Gasteiger partial charge on any atom is 0.337 e. The number of hydrogen-bond acceptors (Lipinski definition) is 3. The number of benzene rings is 1. The Kier molecular flexibility index (Phi) is 5.15. The summed E-state index contributed by atoms with van der Waals surface area (Å²) in [7, 11) is 1.52. The first kappa shape index (κ1) is 14.8. The van der Waals surface area contributed by atoms with Gasteiger partial charge in [0.05, 0.1) is 23.7 Å². The van der Waals surface area contributed by atoms with Crippen LogP contribution in [0, 0.1) is 11.3 Å². The smallest absolute Gasteiger partial charge is 0.337 e. The van der Waals surface area contributed by atoms with Crippen molar-refractivity contribution in [3.8, 4) is 6.07 Å². The van der Waals surface area contributed by atoms with Crippen LogP contribution in [0.1, 0.15) is 16.8 Å². The summed E-state index contributed by atoms with van der Waals surface area (Å²) in [5, 5.41) is 20.2. The number of nitriles is 1. The molecule has 0 aliphatic rings. The van der Waals surface area contributed by atoms with Gasteiger partial charge in [0, 0.05) is 18.6 Å². The third kappa shape index (κ3) is 4.16. The van der Waals surface area contributed by atoms with Gasteiger partial charge in [0.15, 0.2) is 0 Å². The van der Waals surface area contributed by atoms with Gasteiger partial charge >= 0.3 is 12.0 Å². The van der Waals surface area contributed by atoms with E-state index in [4.69, 9.17) is 22.0 Å². The molecule has 0 unspecified atom stereocenters. The zero-order chi connectivity index (χ0) is 14.4. The maximum absolute atomic E-state index is 11.8. The molecule has 0 fully saturated rings. The standard InChI is InChI=1S/C12H12ClN3O3/c1-16(6-2-5-14)12(19)15-10-4-3-8(13)7-9(10)11(17)18/h3-4,7H,2,6H2,1H3,(H,15,19)(H,17,18). The first-order valence-electron chi connectivity index (χ1n) is 5.37. The molecule has 0 bridgehead atoms. The fraction of sp³-hybridized carbons (Fsp3) is 0.250. The summed E-state index contributed by atoms with van der Waals surface area (Å²) in [5.41, 5.74) is 0.0697. The number of carbonyl (C=O) groups excluding carboxylic acids is 1. The van der Waals surface area contributed by atoms with E-state index >= 15 is 0 Å². The van der Waals surface area contributed by atoms with Gasteiger partial charge in [-0.2, -0.15) is 5.26 Å². The molecule has 0 spiro atoms. The highest BCUT2D eigenvalue weighted by molar-refractivity contribution is 6.31. The van der Waals surface area contributed by atoms with E-state index in [1.54, 1.807) is 0 Å². The second kappa shape index (κ2) is 6.61. The number of amides is 2. The molecule has 0 saturated carbocycles. The van der Waals surface area contributed by atoms with Gasteiger partial charge in [0.2, 0.25) is 0 Å². The first-order valence-corrected chi connectivity index (χ1v) is 5.75. The lowest BCUT2D eigenvalue weighted by molar-refractivity contribution is 0.0698. The molecule has 0 aromatic heterocycles. The molecular weight excluding hydrogens is 270 g/mol. The second-order valence-corrected chi connectivity index (χ2v) is 4.19. The van der Waals surface area contributed by atoms with Gasteiger partial charge in [0.25, 0.3) is 0 Å². The minimum Gasteiger partial charge on any atom is -0.478 e. The summed E-state index contributed by atoms with van der Waals surface area (Å²) in [6.07, 6.45) is 0.205. The van der Waals surface area contributed by atoms with Crippen molar-refractivity contribution in [1.82, 2.24) is 4.90 Å². The van der Waals surface area contributed by atoms with Gasteiger partial charge in [-0.05, 0) is 18.2 Å². The predicted octanol–water partition coefficient (Wildman–Crippen LogP) is 2.42. The Balaban J connectivity index is 2.85. The zero-order valence-electron chi connectivity index (χ0n) is 10.2. The van der Waals surface area contributed by atoms with Crippen LogP contribution in [-0.2, 0) is 0 Å². The molecule has 0 aliphatic carbocycles. The zero-order valence-corrected chi connectivity index (χ0v) is 10.9. The molecule has 19 heavy (non-hydrogen) atoms. The van der Waals surface area contributed by atoms with E-state index in [0.29, 0.717) is 0 Å². The molecule has 6 nitrogen and oxygen atoms in total. The largest absolute Gasteiger partial charge is 0.478 e. The number of anilines is 1. The van der Waals surface area contributed by atoms with Gasteiger partial charge in [-0.25, -0.2) is 9.59 Å². The van der Waals surface area contributed by atoms with Crippen molar-refractivity contribution >= 4 is 29.3 Å². The molecule has 1 aromatic carbocycles. The fourth-order valence-electron chi connectivity index (χ4n) is 1.33. The molecular formula is C12H12ClN3O3. The molecule has 2 amide bonds. The van der Waals surface area contributed by atoms with Gasteiger partial charge < -0.3 is 15.3 Å². The number of nitrogens with one attached hydrogen (secondary N) is 1. The van der Waals surface area contributed by atoms with Crippen LogP contribution >= 0.6 is 11.6 Å². The van der Waals surface area contributed by atoms with Crippen molar-refractivity contribution in [2.75, 3.05) is 18.9 Å². The third-order valence-corrected chi connectivity index (χ3v) is 2.59. The van der Waals surface area contributed by atoms with Crippen LogP contribution in [0.25, 0.3) is 0 Å². The Labute approximate surface area is 115 Å². The SMILES string of the molecule is CN(CCC#N)C(=O)Nc1ccc(Cl)cc1C(=O)O. The molecule has 0 radical (unpaired) electrons. The number of rotatable bonds is 4. The van der Waals surface area contributed by atoms with Gasteiger partial charge in [-0.1, -0.05) is 11.6 Å². The molecule has 0 atom stereocenters. The van der Waals surface area contributed by atoms with E-state index in [1.807, 2.05) is 6.07 Å². The summed E-state index contributed by atoms with van der Waals surface area (Å²) < 4.78 is 0. The van der Waals surface area contributed by atoms with Crippen molar-refractivity contribution in [2.24, 2.45) is 0 Å². The Bertz CT molecular complexity index is 540. The van der Waals surface area contributed by atoms with Crippen molar-refractivity contribution in [3.05, 3.63) is 28.8 Å². The van der Waals surface area contributed by atoms with E-state index in [9.17, 15) is 9.59 Å². The molecule has 0 aliphatic heterocycles. The lowest BCUT2D eigenvalue weighted by atomic mass is 10.2. The summed E-state index contributed by atoms with van der Waals surface area (Å²) in [5.74, 6) is -1.18. The fourth-order valence-corrected chi connectivity index (χ4v) is 1.50. The number of halogens is 1. The van der Waals surface area contributed by atoms with Crippen LogP contribution in [0.5, 0.6) is 0 Å². The summed E-state index contributed by atoms with van der Waals surface area (Å²) in [4.78, 5) is 24.1. The summed E-state index contributed by atoms with van der Waals surface area (Å²) >= 11 is 5.71. The van der Waals surface area contributed by atoms with Gasteiger partial charge in [0.1, 0.15) is 0 Å². The van der Waals surface area contributed by atoms with Crippen LogP contribution in [0.3, 0.4) is 0 Å². The molecule has 1 rings (SSSR count). The minimum atomic E-state index is -1.18. The molecule has 1 aromatic rings.